The van der Waals surface area contributed by atoms with Crippen molar-refractivity contribution in [2.45, 2.75) is 26.7 Å². The Kier molecular flexibility index (Phi) is 3.06. The van der Waals surface area contributed by atoms with Crippen molar-refractivity contribution in [2.75, 3.05) is 11.9 Å². The van der Waals surface area contributed by atoms with Gasteiger partial charge in [0.25, 0.3) is 0 Å². The standard InChI is InChI=1S/C13H17BrO/c1-13(2,9-14)8-11-5-3-4-10-6-7-15-12(10)11/h3-5H,6-9H2,1-2H3. The maximum atomic E-state index is 5.70. The third-order valence-corrected chi connectivity index (χ3v) is 4.34. The number of alkyl halides is 1. The van der Waals surface area contributed by atoms with E-state index in [0.29, 0.717) is 5.41 Å². The summed E-state index contributed by atoms with van der Waals surface area (Å²) in [4.78, 5) is 0. The third kappa shape index (κ3) is 2.36. The summed E-state index contributed by atoms with van der Waals surface area (Å²) >= 11 is 3.57. The highest BCUT2D eigenvalue weighted by Gasteiger charge is 2.22. The Morgan fingerprint density at radius 3 is 2.93 bits per heavy atom. The highest BCUT2D eigenvalue weighted by Crippen LogP contribution is 2.34. The average molecular weight is 269 g/mol. The highest BCUT2D eigenvalue weighted by atomic mass is 79.9. The lowest BCUT2D eigenvalue weighted by Crippen LogP contribution is -2.16. The van der Waals surface area contributed by atoms with Gasteiger partial charge in [-0.05, 0) is 23.0 Å². The van der Waals surface area contributed by atoms with E-state index in [-0.39, 0.29) is 0 Å². The summed E-state index contributed by atoms with van der Waals surface area (Å²) in [5, 5.41) is 1.02. The lowest BCUT2D eigenvalue weighted by Gasteiger charge is -2.22. The third-order valence-electron chi connectivity index (χ3n) is 2.83. The predicted molar refractivity (Wildman–Crippen MR) is 66.9 cm³/mol. The molecule has 0 amide bonds. The van der Waals surface area contributed by atoms with Crippen LogP contribution in [0.15, 0.2) is 18.2 Å². The molecule has 0 spiro atoms. The average Bonchev–Trinajstić information content (AvgIpc) is 2.66. The van der Waals surface area contributed by atoms with Gasteiger partial charge in [-0.15, -0.1) is 0 Å². The van der Waals surface area contributed by atoms with E-state index in [0.717, 1.165) is 30.5 Å². The van der Waals surface area contributed by atoms with Crippen molar-refractivity contribution in [1.29, 1.82) is 0 Å². The van der Waals surface area contributed by atoms with Crippen molar-refractivity contribution in [1.82, 2.24) is 0 Å². The lowest BCUT2D eigenvalue weighted by atomic mass is 9.87. The van der Waals surface area contributed by atoms with Crippen LogP contribution in [0.5, 0.6) is 5.75 Å². The zero-order valence-corrected chi connectivity index (χ0v) is 10.9. The van der Waals surface area contributed by atoms with E-state index in [1.54, 1.807) is 0 Å². The molecular formula is C13H17BrO. The molecule has 1 aliphatic heterocycles. The van der Waals surface area contributed by atoms with Gasteiger partial charge in [0, 0.05) is 11.8 Å². The van der Waals surface area contributed by atoms with E-state index in [4.69, 9.17) is 4.74 Å². The van der Waals surface area contributed by atoms with E-state index >= 15 is 0 Å². The lowest BCUT2D eigenvalue weighted by molar-refractivity contribution is 0.345. The fraction of sp³-hybridized carbons (Fsp3) is 0.538. The molecule has 0 bridgehead atoms. The van der Waals surface area contributed by atoms with E-state index in [1.165, 1.54) is 11.1 Å². The van der Waals surface area contributed by atoms with Gasteiger partial charge in [-0.3, -0.25) is 0 Å². The SMILES string of the molecule is CC(C)(CBr)Cc1cccc2c1OCC2. The van der Waals surface area contributed by atoms with E-state index in [9.17, 15) is 0 Å². The minimum Gasteiger partial charge on any atom is -0.493 e. The molecule has 15 heavy (non-hydrogen) atoms. The molecule has 1 aromatic rings. The summed E-state index contributed by atoms with van der Waals surface area (Å²) in [6.07, 6.45) is 2.14. The second-order valence-corrected chi connectivity index (χ2v) is 5.54. The first-order valence-corrected chi connectivity index (χ1v) is 6.54. The first-order valence-electron chi connectivity index (χ1n) is 5.42. The summed E-state index contributed by atoms with van der Waals surface area (Å²) in [6.45, 7) is 5.40. The number of para-hydroxylation sites is 1. The number of rotatable bonds is 3. The first-order chi connectivity index (χ1) is 7.12. The number of hydrogen-bond donors (Lipinski definition) is 0. The van der Waals surface area contributed by atoms with Crippen LogP contribution < -0.4 is 4.74 Å². The molecule has 1 aromatic carbocycles. The van der Waals surface area contributed by atoms with Crippen LogP contribution in [0.4, 0.5) is 0 Å². The van der Waals surface area contributed by atoms with Crippen LogP contribution in [0, 0.1) is 5.41 Å². The second kappa shape index (κ2) is 4.17. The molecule has 0 saturated carbocycles. The molecule has 1 nitrogen and oxygen atoms in total. The summed E-state index contributed by atoms with van der Waals surface area (Å²) in [6, 6.07) is 6.51. The first kappa shape index (κ1) is 11.0. The normalized spacial score (nSPS) is 14.9. The highest BCUT2D eigenvalue weighted by molar-refractivity contribution is 9.09. The number of halogens is 1. The molecule has 1 aliphatic rings. The largest absolute Gasteiger partial charge is 0.493 e. The van der Waals surface area contributed by atoms with Gasteiger partial charge < -0.3 is 4.74 Å². The van der Waals surface area contributed by atoms with E-state index in [2.05, 4.69) is 48.0 Å². The fourth-order valence-corrected chi connectivity index (χ4v) is 2.18. The van der Waals surface area contributed by atoms with Crippen molar-refractivity contribution in [3.05, 3.63) is 29.3 Å². The minimum absolute atomic E-state index is 0.293. The monoisotopic (exact) mass is 268 g/mol. The van der Waals surface area contributed by atoms with Crippen molar-refractivity contribution < 1.29 is 4.74 Å². The Hall–Kier alpha value is -0.500. The molecule has 82 valence electrons. The minimum atomic E-state index is 0.293. The predicted octanol–water partition coefficient (Wildman–Crippen LogP) is 3.59. The van der Waals surface area contributed by atoms with Crippen LogP contribution in [0.1, 0.15) is 25.0 Å². The van der Waals surface area contributed by atoms with Gasteiger partial charge in [-0.1, -0.05) is 48.0 Å². The summed E-state index contributed by atoms with van der Waals surface area (Å²) in [5.41, 5.74) is 3.02. The van der Waals surface area contributed by atoms with E-state index < -0.39 is 0 Å². The van der Waals surface area contributed by atoms with Crippen LogP contribution >= 0.6 is 15.9 Å². The van der Waals surface area contributed by atoms with Crippen molar-refractivity contribution in [2.24, 2.45) is 5.41 Å². The topological polar surface area (TPSA) is 9.23 Å². The Morgan fingerprint density at radius 2 is 2.20 bits per heavy atom. The van der Waals surface area contributed by atoms with Gasteiger partial charge >= 0.3 is 0 Å². The van der Waals surface area contributed by atoms with Crippen LogP contribution in [0.3, 0.4) is 0 Å². The summed E-state index contributed by atoms with van der Waals surface area (Å²) < 4.78 is 5.70. The number of fused-ring (bicyclic) bond motifs is 1. The smallest absolute Gasteiger partial charge is 0.125 e. The zero-order chi connectivity index (χ0) is 10.9. The number of benzene rings is 1. The summed E-state index contributed by atoms with van der Waals surface area (Å²) in [7, 11) is 0. The maximum absolute atomic E-state index is 5.70. The molecular weight excluding hydrogens is 252 g/mol. The Balaban J connectivity index is 2.26. The maximum Gasteiger partial charge on any atom is 0.125 e. The van der Waals surface area contributed by atoms with Crippen molar-refractivity contribution >= 4 is 15.9 Å². The van der Waals surface area contributed by atoms with Gasteiger partial charge in [0.1, 0.15) is 5.75 Å². The Bertz CT molecular complexity index is 358. The molecule has 0 aromatic heterocycles. The number of ether oxygens (including phenoxy) is 1. The molecule has 0 aliphatic carbocycles. The van der Waals surface area contributed by atoms with Gasteiger partial charge in [0.15, 0.2) is 0 Å². The molecule has 0 unspecified atom stereocenters. The number of hydrogen-bond acceptors (Lipinski definition) is 1. The van der Waals surface area contributed by atoms with Crippen LogP contribution in [0.2, 0.25) is 0 Å². The Labute approximate surface area is 100.0 Å². The molecule has 0 N–H and O–H groups in total. The summed E-state index contributed by atoms with van der Waals surface area (Å²) in [5.74, 6) is 1.14. The quantitative estimate of drug-likeness (QED) is 0.762. The van der Waals surface area contributed by atoms with Gasteiger partial charge in [-0.25, -0.2) is 0 Å². The van der Waals surface area contributed by atoms with Gasteiger partial charge in [0.2, 0.25) is 0 Å². The second-order valence-electron chi connectivity index (χ2n) is 4.98. The fourth-order valence-electron chi connectivity index (χ4n) is 1.99. The van der Waals surface area contributed by atoms with Crippen molar-refractivity contribution in [3.63, 3.8) is 0 Å². The van der Waals surface area contributed by atoms with Crippen LogP contribution in [-0.4, -0.2) is 11.9 Å². The molecule has 2 heteroatoms. The van der Waals surface area contributed by atoms with Gasteiger partial charge in [0.05, 0.1) is 6.61 Å². The molecule has 0 fully saturated rings. The zero-order valence-electron chi connectivity index (χ0n) is 9.35. The van der Waals surface area contributed by atoms with E-state index in [1.807, 2.05) is 0 Å². The molecule has 0 saturated heterocycles. The molecule has 0 atom stereocenters. The van der Waals surface area contributed by atoms with Crippen LogP contribution in [-0.2, 0) is 12.8 Å². The molecule has 1 heterocycles. The van der Waals surface area contributed by atoms with Crippen LogP contribution in [0.25, 0.3) is 0 Å². The Morgan fingerprint density at radius 1 is 1.40 bits per heavy atom. The van der Waals surface area contributed by atoms with Gasteiger partial charge in [-0.2, -0.15) is 0 Å². The molecule has 0 radical (unpaired) electrons. The van der Waals surface area contributed by atoms with Crippen molar-refractivity contribution in [3.8, 4) is 5.75 Å². The molecule has 2 rings (SSSR count).